The van der Waals surface area contributed by atoms with Gasteiger partial charge in [-0.05, 0) is 140 Å². The van der Waals surface area contributed by atoms with Crippen LogP contribution in [0.25, 0.3) is 32.0 Å². The number of nitrogens with one attached hydrogen (secondary N) is 3. The fraction of sp³-hybridized carbons (Fsp3) is 0.373. The van der Waals surface area contributed by atoms with E-state index in [1.54, 1.807) is 11.3 Å². The zero-order valence-electron chi connectivity index (χ0n) is 49.8. The van der Waals surface area contributed by atoms with Gasteiger partial charge in [-0.3, -0.25) is 24.5 Å². The Bertz CT molecular complexity index is 3700. The minimum Gasteiger partial charge on any atom is -0.494 e. The molecule has 8 aromatic rings. The van der Waals surface area contributed by atoms with E-state index in [2.05, 4.69) is 40.9 Å². The van der Waals surface area contributed by atoms with Crippen molar-refractivity contribution < 1.29 is 38.9 Å². The summed E-state index contributed by atoms with van der Waals surface area (Å²) in [5, 5.41) is 30.5. The third kappa shape index (κ3) is 15.4. The molecule has 4 atom stereocenters. The average molecular weight is 1210 g/mol. The van der Waals surface area contributed by atoms with Gasteiger partial charge in [0.2, 0.25) is 17.7 Å². The number of aliphatic hydroxyl groups excluding tert-OH is 1. The third-order valence-electron chi connectivity index (χ3n) is 16.1. The van der Waals surface area contributed by atoms with Crippen LogP contribution in [0.15, 0.2) is 121 Å². The van der Waals surface area contributed by atoms with Crippen molar-refractivity contribution in [2.75, 3.05) is 29.9 Å². The highest BCUT2D eigenvalue weighted by Crippen LogP contribution is 2.33. The van der Waals surface area contributed by atoms with Crippen LogP contribution in [0.1, 0.15) is 139 Å². The zero-order valence-corrected chi connectivity index (χ0v) is 51.4. The Morgan fingerprint density at radius 3 is 2.29 bits per heavy atom. The molecule has 6 heterocycles. The van der Waals surface area contributed by atoms with E-state index in [1.807, 2.05) is 161 Å². The minimum absolute atomic E-state index is 0.00115. The van der Waals surface area contributed by atoms with Gasteiger partial charge in [0.05, 0.1) is 45.1 Å². The molecule has 0 aliphatic carbocycles. The van der Waals surface area contributed by atoms with Crippen molar-refractivity contribution in [3.05, 3.63) is 166 Å². The number of anilines is 2. The molecule has 0 radical (unpaired) electrons. The summed E-state index contributed by atoms with van der Waals surface area (Å²) in [6.07, 6.45) is 10.2. The van der Waals surface area contributed by atoms with Crippen molar-refractivity contribution in [3.8, 4) is 27.6 Å². The lowest BCUT2D eigenvalue weighted by Gasteiger charge is -2.35. The van der Waals surface area contributed by atoms with E-state index >= 15 is 0 Å². The van der Waals surface area contributed by atoms with Gasteiger partial charge in [0, 0.05) is 56.0 Å². The van der Waals surface area contributed by atoms with Crippen LogP contribution in [-0.2, 0) is 40.2 Å². The zero-order chi connectivity index (χ0) is 61.2. The first-order valence-corrected chi connectivity index (χ1v) is 31.5. The molecule has 2 aliphatic heterocycles. The van der Waals surface area contributed by atoms with Gasteiger partial charge in [0.15, 0.2) is 16.6 Å². The van der Waals surface area contributed by atoms with Gasteiger partial charge in [-0.25, -0.2) is 29.7 Å². The Labute approximate surface area is 514 Å². The number of hydrogen-bond acceptors (Lipinski definition) is 15. The summed E-state index contributed by atoms with van der Waals surface area (Å²) in [6.45, 7) is 10.9. The number of aromatic nitrogens is 5. The van der Waals surface area contributed by atoms with Gasteiger partial charge < -0.3 is 35.4 Å². The number of likely N-dealkylation sites (tertiary alicyclic amines) is 1. The number of carboxylic acids is 1. The maximum Gasteiger partial charge on any atom is 0.354 e. The largest absolute Gasteiger partial charge is 0.494 e. The van der Waals surface area contributed by atoms with E-state index in [4.69, 9.17) is 4.74 Å². The number of carbonyl (C=O) groups is 5. The van der Waals surface area contributed by atoms with Gasteiger partial charge in [-0.2, -0.15) is 0 Å². The van der Waals surface area contributed by atoms with E-state index in [-0.39, 0.29) is 54.8 Å². The Balaban J connectivity index is 0.619. The first-order chi connectivity index (χ1) is 41.9. The number of para-hydroxylation sites is 1. The number of aromatic carboxylic acids is 1. The van der Waals surface area contributed by atoms with E-state index in [0.29, 0.717) is 79.0 Å². The topological polar surface area (TPSA) is 242 Å². The van der Waals surface area contributed by atoms with Crippen LogP contribution in [0.4, 0.5) is 10.9 Å². The highest BCUT2D eigenvalue weighted by Gasteiger charge is 2.45. The summed E-state index contributed by atoms with van der Waals surface area (Å²) in [4.78, 5) is 94.7. The molecule has 452 valence electrons. The van der Waals surface area contributed by atoms with Crippen molar-refractivity contribution >= 4 is 73.4 Å². The predicted octanol–water partition coefficient (Wildman–Crippen LogP) is 11.4. The van der Waals surface area contributed by atoms with E-state index in [9.17, 15) is 34.2 Å². The molecular formula is C67H74N10O8S2. The lowest BCUT2D eigenvalue weighted by Crippen LogP contribution is -2.57. The molecular weight excluding hydrogens is 1140 g/mol. The van der Waals surface area contributed by atoms with Crippen LogP contribution in [0.5, 0.6) is 5.75 Å². The van der Waals surface area contributed by atoms with Gasteiger partial charge >= 0.3 is 5.97 Å². The molecule has 5 N–H and O–H groups in total. The highest BCUT2D eigenvalue weighted by atomic mass is 32.1. The Hall–Kier alpha value is -8.46. The molecule has 0 bridgehead atoms. The van der Waals surface area contributed by atoms with Gasteiger partial charge in [-0.15, -0.1) is 11.3 Å². The molecule has 4 aromatic carbocycles. The Morgan fingerprint density at radius 2 is 1.55 bits per heavy atom. The summed E-state index contributed by atoms with van der Waals surface area (Å²) in [7, 11) is 0. The summed E-state index contributed by atoms with van der Waals surface area (Å²) in [5.74, 6) is -0.469. The van der Waals surface area contributed by atoms with Crippen molar-refractivity contribution in [1.82, 2.24) is 40.5 Å². The second-order valence-electron chi connectivity index (χ2n) is 23.6. The highest BCUT2D eigenvalue weighted by molar-refractivity contribution is 7.22. The standard InChI is InChI=1S/C67H74N10O8S2/c1-41(44-22-24-47(25-23-44)59-42(2)70-40-86-59)71-63(81)54-35-49(78)38-77(54)64(82)60(67(3,4)5)74-57(79)21-10-8-6-7-9-15-43-36-68-61(69-37-43)48-26-29-50(30-27-48)85-34-14-17-46-28-31-56(73-58(46)65(83)84)76-33-32-45-16-13-18-51(52(45)39-76)62(80)75-66-72-53-19-11-12-20-55(53)87-66/h11-13,16,18-20,22-31,36-37,40-41,49,54,60,78H,6-10,14-15,17,21,32-35,38-39H2,1-5H3,(H,71,81)(H,74,79)(H,83,84)(H,72,75,80)/t41-,49+,54-,60+/m0/s1. The normalized spacial score (nSPS) is 15.6. The fourth-order valence-corrected chi connectivity index (χ4v) is 13.0. The number of thiazole rings is 2. The lowest BCUT2D eigenvalue weighted by molar-refractivity contribution is -0.144. The molecule has 0 saturated carbocycles. The molecule has 2 aliphatic rings. The molecule has 0 spiro atoms. The van der Waals surface area contributed by atoms with Gasteiger partial charge in [0.1, 0.15) is 23.7 Å². The molecule has 10 rings (SSSR count). The quantitative estimate of drug-likeness (QED) is 0.0354. The monoisotopic (exact) mass is 1210 g/mol. The summed E-state index contributed by atoms with van der Waals surface area (Å²) in [6, 6.07) is 30.6. The van der Waals surface area contributed by atoms with Crippen molar-refractivity contribution in [2.45, 2.75) is 136 Å². The van der Waals surface area contributed by atoms with Crippen LogP contribution >= 0.6 is 22.7 Å². The number of pyridine rings is 1. The molecule has 4 amide bonds. The lowest BCUT2D eigenvalue weighted by atomic mass is 9.85. The van der Waals surface area contributed by atoms with Crippen LogP contribution in [0, 0.1) is 12.3 Å². The fourth-order valence-electron chi connectivity index (χ4n) is 11.3. The number of hydrogen-bond donors (Lipinski definition) is 5. The van der Waals surface area contributed by atoms with E-state index < -0.39 is 29.6 Å². The number of aryl methyl sites for hydroxylation is 3. The molecule has 1 fully saturated rings. The second-order valence-corrected chi connectivity index (χ2v) is 25.5. The average Bonchev–Trinajstić information content (AvgIpc) is 4.32. The molecule has 0 unspecified atom stereocenters. The maximum atomic E-state index is 14.2. The first-order valence-electron chi connectivity index (χ1n) is 29.8. The number of benzene rings is 4. The number of carbonyl (C=O) groups excluding carboxylic acids is 4. The Kier molecular flexibility index (Phi) is 19.8. The molecule has 87 heavy (non-hydrogen) atoms. The first kappa shape index (κ1) is 61.6. The second kappa shape index (κ2) is 27.9. The maximum absolute atomic E-state index is 14.2. The van der Waals surface area contributed by atoms with Crippen LogP contribution in [0.2, 0.25) is 0 Å². The number of fused-ring (bicyclic) bond motifs is 2. The van der Waals surface area contributed by atoms with Crippen molar-refractivity contribution in [2.24, 2.45) is 5.41 Å². The summed E-state index contributed by atoms with van der Waals surface area (Å²) < 4.78 is 7.04. The predicted molar refractivity (Wildman–Crippen MR) is 339 cm³/mol. The van der Waals surface area contributed by atoms with Crippen LogP contribution in [-0.4, -0.2) is 108 Å². The number of aliphatic hydroxyl groups is 1. The number of nitrogens with zero attached hydrogens (tertiary/aromatic N) is 7. The number of ether oxygens (including phenoxy) is 1. The molecule has 4 aromatic heterocycles. The number of rotatable bonds is 24. The third-order valence-corrected chi connectivity index (χ3v) is 18.1. The molecule has 20 heteroatoms. The van der Waals surface area contributed by atoms with Crippen LogP contribution in [0.3, 0.4) is 0 Å². The SMILES string of the molecule is Cc1ncsc1-c1ccc([C@H](C)NC(=O)[C@@H]2C[C@@H](O)CN2C(=O)[C@@H](NC(=O)CCCCCCCc2cnc(-c3ccc(OCCCc4ccc(N5CCc6cccc(C(=O)Nc7nc8ccccc8s7)c6C5)nc4C(=O)O)cc3)nc2)C(C)(C)C)cc1. The summed E-state index contributed by atoms with van der Waals surface area (Å²) >= 11 is 3.00. The number of unbranched alkanes of at least 4 members (excludes halogenated alkanes) is 4. The molecule has 18 nitrogen and oxygen atoms in total. The van der Waals surface area contributed by atoms with Gasteiger partial charge in [-0.1, -0.05) is 106 Å². The Morgan fingerprint density at radius 1 is 0.805 bits per heavy atom. The van der Waals surface area contributed by atoms with Crippen molar-refractivity contribution in [1.29, 1.82) is 0 Å². The van der Waals surface area contributed by atoms with E-state index in [1.165, 1.54) is 16.2 Å². The number of β-amino-alcohol motifs (C(OH)–C–C–N with tert-alkyl or cyclic N) is 1. The van der Waals surface area contributed by atoms with Crippen molar-refractivity contribution in [3.63, 3.8) is 0 Å². The number of carboxylic acid groups (broad SMARTS) is 1. The molecule has 1 saturated heterocycles. The van der Waals surface area contributed by atoms with E-state index in [0.717, 1.165) is 86.3 Å². The summed E-state index contributed by atoms with van der Waals surface area (Å²) in [5.41, 5.74) is 9.95. The number of amides is 4. The smallest absolute Gasteiger partial charge is 0.354 e. The van der Waals surface area contributed by atoms with Crippen LogP contribution < -0.4 is 25.6 Å². The van der Waals surface area contributed by atoms with Gasteiger partial charge in [0.25, 0.3) is 5.91 Å². The minimum atomic E-state index is -1.10.